The van der Waals surface area contributed by atoms with Gasteiger partial charge in [0, 0.05) is 45.3 Å². The van der Waals surface area contributed by atoms with Crippen LogP contribution in [0.3, 0.4) is 0 Å². The highest BCUT2D eigenvalue weighted by atomic mass is 35.5. The summed E-state index contributed by atoms with van der Waals surface area (Å²) in [5.41, 5.74) is 1.72. The lowest BCUT2D eigenvalue weighted by atomic mass is 9.85. The summed E-state index contributed by atoms with van der Waals surface area (Å²) in [6, 6.07) is 8.75. The molecule has 0 radical (unpaired) electrons. The predicted octanol–water partition coefficient (Wildman–Crippen LogP) is 5.28. The minimum atomic E-state index is -0.475. The second kappa shape index (κ2) is 13.7. The molecule has 226 valence electrons. The van der Waals surface area contributed by atoms with Gasteiger partial charge in [-0.2, -0.15) is 0 Å². The van der Waals surface area contributed by atoms with E-state index in [1.54, 1.807) is 6.20 Å². The minimum absolute atomic E-state index is 0.363. The highest BCUT2D eigenvalue weighted by Gasteiger charge is 2.51. The van der Waals surface area contributed by atoms with Crippen molar-refractivity contribution in [3.05, 3.63) is 51.7 Å². The lowest BCUT2D eigenvalue weighted by molar-refractivity contribution is 0.00964. The van der Waals surface area contributed by atoms with E-state index in [0.717, 1.165) is 48.9 Å². The molecular formula is C29H39ClN8O3S. The molecule has 2 saturated heterocycles. The van der Waals surface area contributed by atoms with E-state index >= 15 is 0 Å². The summed E-state index contributed by atoms with van der Waals surface area (Å²) < 4.78 is 5.25. The van der Waals surface area contributed by atoms with Crippen molar-refractivity contribution in [2.45, 2.75) is 58.7 Å². The normalized spacial score (nSPS) is 17.5. The first-order valence-corrected chi connectivity index (χ1v) is 15.1. The fraction of sp³-hybridized carbons (Fsp3) is 0.483. The van der Waals surface area contributed by atoms with Crippen LogP contribution in [-0.4, -0.2) is 83.1 Å². The standard InChI is InChI=1S/C21H29N7O3S.C8H10ClN/c1-13-24-17(26-19-23-9-14(12-29)32-19)8-18(25-13)28-11-15-16(28)10-27(15)7-5-6-22-20(30)31-21(2,3)4;1-6-4-3-5-7(9)8(6)10-2/h8-9,12,15-16H,5-7,10-11H2,1-4H3,(H,22,30)(H,23,24,25,26);3-5,10H,1-2H3/t15?,16-;/m0./s1. The molecule has 3 N–H and O–H groups in total. The first-order valence-electron chi connectivity index (χ1n) is 13.9. The van der Waals surface area contributed by atoms with Gasteiger partial charge in [-0.1, -0.05) is 35.1 Å². The number of aldehydes is 1. The van der Waals surface area contributed by atoms with Gasteiger partial charge in [0.2, 0.25) is 0 Å². The Balaban J connectivity index is 0.000000343. The zero-order valence-electron chi connectivity index (χ0n) is 24.9. The number of ether oxygens (including phenoxy) is 1. The molecule has 2 atom stereocenters. The third-order valence-electron chi connectivity index (χ3n) is 6.87. The highest BCUT2D eigenvalue weighted by Crippen LogP contribution is 2.37. The molecule has 13 heteroatoms. The number of hydrogen-bond donors (Lipinski definition) is 3. The topological polar surface area (TPSA) is 125 Å². The van der Waals surface area contributed by atoms with Crippen LogP contribution in [0.4, 0.5) is 27.2 Å². The summed E-state index contributed by atoms with van der Waals surface area (Å²) in [4.78, 5) is 41.1. The monoisotopic (exact) mass is 614 g/mol. The van der Waals surface area contributed by atoms with Gasteiger partial charge in [-0.3, -0.25) is 9.69 Å². The number of nitrogens with zero attached hydrogens (tertiary/aromatic N) is 5. The van der Waals surface area contributed by atoms with Gasteiger partial charge < -0.3 is 25.6 Å². The van der Waals surface area contributed by atoms with Crippen molar-refractivity contribution in [2.75, 3.05) is 48.8 Å². The quantitative estimate of drug-likeness (QED) is 0.217. The zero-order valence-corrected chi connectivity index (χ0v) is 26.5. The number of para-hydroxylation sites is 1. The first-order chi connectivity index (χ1) is 20.0. The maximum absolute atomic E-state index is 11.7. The van der Waals surface area contributed by atoms with Crippen molar-refractivity contribution in [3.63, 3.8) is 0 Å². The number of alkyl carbamates (subject to hydrolysis) is 1. The van der Waals surface area contributed by atoms with Crippen LogP contribution in [-0.2, 0) is 4.74 Å². The van der Waals surface area contributed by atoms with Crippen LogP contribution >= 0.6 is 22.9 Å². The Hall–Kier alpha value is -3.48. The number of aryl methyl sites for hydroxylation is 2. The lowest BCUT2D eigenvalue weighted by Gasteiger charge is -2.62. The molecule has 11 nitrogen and oxygen atoms in total. The number of halogens is 1. The molecule has 0 bridgehead atoms. The molecule has 1 aromatic carbocycles. The van der Waals surface area contributed by atoms with Crippen LogP contribution in [0.5, 0.6) is 0 Å². The van der Waals surface area contributed by atoms with E-state index in [-0.39, 0.29) is 6.09 Å². The molecule has 0 saturated carbocycles. The average molecular weight is 615 g/mol. The van der Waals surface area contributed by atoms with Gasteiger partial charge in [0.1, 0.15) is 23.1 Å². The van der Waals surface area contributed by atoms with Gasteiger partial charge in [0.05, 0.1) is 27.8 Å². The Morgan fingerprint density at radius 1 is 1.21 bits per heavy atom. The van der Waals surface area contributed by atoms with Crippen molar-refractivity contribution in [1.29, 1.82) is 0 Å². The second-order valence-electron chi connectivity index (χ2n) is 11.2. The molecule has 1 amide bonds. The van der Waals surface area contributed by atoms with Crippen LogP contribution in [0.1, 0.15) is 48.3 Å². The van der Waals surface area contributed by atoms with E-state index in [2.05, 4.69) is 40.7 Å². The first kappa shape index (κ1) is 31.5. The summed E-state index contributed by atoms with van der Waals surface area (Å²) in [5, 5.41) is 10.4. The average Bonchev–Trinajstić information content (AvgIpc) is 3.35. The van der Waals surface area contributed by atoms with E-state index in [9.17, 15) is 9.59 Å². The van der Waals surface area contributed by atoms with Gasteiger partial charge in [0.15, 0.2) is 11.4 Å². The molecule has 0 aliphatic carbocycles. The zero-order chi connectivity index (χ0) is 30.4. The number of aromatic nitrogens is 3. The Morgan fingerprint density at radius 3 is 2.60 bits per heavy atom. The molecule has 3 aromatic rings. The number of carbonyl (C=O) groups is 2. The Bertz CT molecular complexity index is 1380. The van der Waals surface area contributed by atoms with Crippen molar-refractivity contribution in [2.24, 2.45) is 0 Å². The van der Waals surface area contributed by atoms with E-state index in [1.165, 1.54) is 16.9 Å². The van der Waals surface area contributed by atoms with E-state index in [4.69, 9.17) is 16.3 Å². The van der Waals surface area contributed by atoms with Crippen LogP contribution < -0.4 is 20.9 Å². The smallest absolute Gasteiger partial charge is 0.407 e. The Morgan fingerprint density at radius 2 is 2.00 bits per heavy atom. The molecule has 2 aliphatic rings. The highest BCUT2D eigenvalue weighted by molar-refractivity contribution is 7.17. The van der Waals surface area contributed by atoms with Crippen molar-refractivity contribution in [1.82, 2.24) is 25.2 Å². The van der Waals surface area contributed by atoms with Gasteiger partial charge in [-0.05, 0) is 52.7 Å². The summed E-state index contributed by atoms with van der Waals surface area (Å²) >= 11 is 7.16. The molecule has 4 heterocycles. The number of piperazine rings is 1. The minimum Gasteiger partial charge on any atom is -0.444 e. The summed E-state index contributed by atoms with van der Waals surface area (Å²) in [6.07, 6.45) is 2.86. The lowest BCUT2D eigenvalue weighted by Crippen LogP contribution is -2.79. The fourth-order valence-electron chi connectivity index (χ4n) is 4.87. The maximum atomic E-state index is 11.7. The van der Waals surface area contributed by atoms with Crippen LogP contribution in [0.15, 0.2) is 30.5 Å². The van der Waals surface area contributed by atoms with Crippen molar-refractivity contribution < 1.29 is 14.3 Å². The van der Waals surface area contributed by atoms with Crippen molar-refractivity contribution >= 4 is 57.8 Å². The maximum Gasteiger partial charge on any atom is 0.407 e. The van der Waals surface area contributed by atoms with Crippen molar-refractivity contribution in [3.8, 4) is 0 Å². The number of benzene rings is 1. The van der Waals surface area contributed by atoms with Crippen LogP contribution in [0.25, 0.3) is 0 Å². The Kier molecular flexibility index (Phi) is 10.2. The van der Waals surface area contributed by atoms with Gasteiger partial charge in [-0.15, -0.1) is 0 Å². The van der Waals surface area contributed by atoms with Crippen LogP contribution in [0.2, 0.25) is 5.02 Å². The summed E-state index contributed by atoms with van der Waals surface area (Å²) in [6.45, 7) is 12.9. The molecule has 2 aliphatic heterocycles. The summed E-state index contributed by atoms with van der Waals surface area (Å²) in [7, 11) is 1.87. The van der Waals surface area contributed by atoms with Gasteiger partial charge in [0.25, 0.3) is 0 Å². The third-order valence-corrected chi connectivity index (χ3v) is 8.03. The molecule has 2 fully saturated rings. The number of amides is 1. The van der Waals surface area contributed by atoms with Gasteiger partial charge in [-0.25, -0.2) is 19.7 Å². The molecule has 1 unspecified atom stereocenters. The number of nitrogens with one attached hydrogen (secondary N) is 3. The fourth-order valence-corrected chi connectivity index (χ4v) is 5.83. The van der Waals surface area contributed by atoms with E-state index in [1.807, 2.05) is 65.9 Å². The number of rotatable bonds is 9. The number of likely N-dealkylation sites (tertiary alicyclic amines) is 1. The number of anilines is 4. The number of thiazole rings is 1. The van der Waals surface area contributed by atoms with E-state index in [0.29, 0.717) is 40.3 Å². The van der Waals surface area contributed by atoms with E-state index < -0.39 is 5.60 Å². The Labute approximate surface area is 256 Å². The third kappa shape index (κ3) is 8.08. The SMILES string of the molecule is CNc1c(C)cccc1Cl.Cc1nc(Nc2ncc(C=O)s2)cc(N2CC3[C@@H]2CN3CCCNC(=O)OC(C)(C)C)n1. The summed E-state index contributed by atoms with van der Waals surface area (Å²) in [5.74, 6) is 2.26. The van der Waals surface area contributed by atoms with Crippen LogP contribution in [0, 0.1) is 13.8 Å². The molecule has 2 aromatic heterocycles. The second-order valence-corrected chi connectivity index (χ2v) is 12.7. The molecule has 5 rings (SSSR count). The molecular weight excluding hydrogens is 576 g/mol. The predicted molar refractivity (Wildman–Crippen MR) is 169 cm³/mol. The number of hydrogen-bond acceptors (Lipinski definition) is 11. The molecule has 0 spiro atoms. The van der Waals surface area contributed by atoms with Gasteiger partial charge >= 0.3 is 6.09 Å². The number of carbonyl (C=O) groups excluding carboxylic acids is 2. The largest absolute Gasteiger partial charge is 0.444 e. The number of fused-ring (bicyclic) bond motifs is 1. The molecule has 42 heavy (non-hydrogen) atoms.